The lowest BCUT2D eigenvalue weighted by molar-refractivity contribution is -0.384. The molecule has 0 aliphatic rings. The number of non-ortho nitro benzene ring substituents is 1. The molecular weight excluding hydrogens is 384 g/mol. The summed E-state index contributed by atoms with van der Waals surface area (Å²) in [6.07, 6.45) is 1.59. The van der Waals surface area contributed by atoms with Crippen LogP contribution in [-0.2, 0) is 12.3 Å². The molecule has 10 nitrogen and oxygen atoms in total. The average molecular weight is 398 g/mol. The quantitative estimate of drug-likeness (QED) is 0.259. The Bertz CT molecular complexity index is 1090. The number of rotatable bonds is 7. The molecule has 0 atom stereocenters. The molecule has 0 aliphatic carbocycles. The van der Waals surface area contributed by atoms with Gasteiger partial charge in [0.05, 0.1) is 16.9 Å². The third-order valence-corrected chi connectivity index (χ3v) is 4.84. The molecule has 3 heterocycles. The molecule has 11 heteroatoms. The van der Waals surface area contributed by atoms with E-state index < -0.39 is 4.92 Å². The van der Waals surface area contributed by atoms with Crippen LogP contribution in [0, 0.1) is 10.1 Å². The molecule has 0 N–H and O–H groups in total. The lowest BCUT2D eigenvalue weighted by Gasteiger charge is -2.04. The van der Waals surface area contributed by atoms with Crippen molar-refractivity contribution in [1.29, 1.82) is 0 Å². The summed E-state index contributed by atoms with van der Waals surface area (Å²) < 4.78 is 13.0. The normalized spacial score (nSPS) is 11.0. The van der Waals surface area contributed by atoms with Gasteiger partial charge in [-0.2, -0.15) is 0 Å². The summed E-state index contributed by atoms with van der Waals surface area (Å²) in [5.41, 5.74) is 0.622. The Morgan fingerprint density at radius 3 is 2.64 bits per heavy atom. The topological polar surface area (TPSA) is 126 Å². The van der Waals surface area contributed by atoms with E-state index in [9.17, 15) is 10.1 Å². The number of hydrogen-bond donors (Lipinski definition) is 0. The highest BCUT2D eigenvalue weighted by Gasteiger charge is 2.17. The number of nitrogens with zero attached hydrogens (tertiary/aromatic N) is 6. The fourth-order valence-electron chi connectivity index (χ4n) is 2.55. The fourth-order valence-corrected chi connectivity index (χ4v) is 3.39. The summed E-state index contributed by atoms with van der Waals surface area (Å²) in [6.45, 7) is 2.68. The van der Waals surface area contributed by atoms with Gasteiger partial charge in [-0.25, -0.2) is 0 Å². The molecule has 0 bridgehead atoms. The molecule has 0 aliphatic heterocycles. The zero-order valence-corrected chi connectivity index (χ0v) is 15.5. The lowest BCUT2D eigenvalue weighted by Crippen LogP contribution is -1.99. The zero-order valence-electron chi connectivity index (χ0n) is 14.7. The highest BCUT2D eigenvalue weighted by Crippen LogP contribution is 2.27. The van der Waals surface area contributed by atoms with Crippen LogP contribution in [0.3, 0.4) is 0 Å². The third kappa shape index (κ3) is 3.51. The van der Waals surface area contributed by atoms with Crippen LogP contribution in [-0.4, -0.2) is 29.9 Å². The van der Waals surface area contributed by atoms with Gasteiger partial charge in [0.25, 0.3) is 5.69 Å². The van der Waals surface area contributed by atoms with E-state index in [2.05, 4.69) is 20.4 Å². The van der Waals surface area contributed by atoms with E-state index >= 15 is 0 Å². The Kier molecular flexibility index (Phi) is 4.89. The number of benzene rings is 1. The third-order valence-electron chi connectivity index (χ3n) is 3.89. The van der Waals surface area contributed by atoms with E-state index in [-0.39, 0.29) is 5.69 Å². The van der Waals surface area contributed by atoms with Gasteiger partial charge < -0.3 is 8.83 Å². The van der Waals surface area contributed by atoms with Crippen molar-refractivity contribution in [1.82, 2.24) is 25.0 Å². The van der Waals surface area contributed by atoms with Crippen LogP contribution in [0.15, 0.2) is 56.7 Å². The molecule has 0 radical (unpaired) electrons. The van der Waals surface area contributed by atoms with Gasteiger partial charge >= 0.3 is 0 Å². The van der Waals surface area contributed by atoms with Crippen molar-refractivity contribution in [3.8, 4) is 23.0 Å². The molecule has 1 aromatic carbocycles. The van der Waals surface area contributed by atoms with Crippen LogP contribution in [0.2, 0.25) is 0 Å². The average Bonchev–Trinajstić information content (AvgIpc) is 3.46. The predicted molar refractivity (Wildman–Crippen MR) is 99.3 cm³/mol. The first-order chi connectivity index (χ1) is 13.7. The molecule has 142 valence electrons. The van der Waals surface area contributed by atoms with Crippen molar-refractivity contribution >= 4 is 17.4 Å². The Morgan fingerprint density at radius 2 is 1.96 bits per heavy atom. The Balaban J connectivity index is 1.47. The van der Waals surface area contributed by atoms with E-state index in [0.717, 1.165) is 0 Å². The van der Waals surface area contributed by atoms with Gasteiger partial charge in [-0.1, -0.05) is 11.8 Å². The molecule has 0 unspecified atom stereocenters. The van der Waals surface area contributed by atoms with E-state index in [1.54, 1.807) is 24.5 Å². The van der Waals surface area contributed by atoms with Crippen LogP contribution in [0.4, 0.5) is 5.69 Å². The maximum absolute atomic E-state index is 10.7. The van der Waals surface area contributed by atoms with E-state index in [0.29, 0.717) is 46.4 Å². The van der Waals surface area contributed by atoms with Gasteiger partial charge in [0.2, 0.25) is 11.8 Å². The molecule has 28 heavy (non-hydrogen) atoms. The van der Waals surface area contributed by atoms with Crippen molar-refractivity contribution in [3.63, 3.8) is 0 Å². The van der Waals surface area contributed by atoms with Crippen LogP contribution < -0.4 is 0 Å². The molecule has 0 fully saturated rings. The number of nitro benzene ring substituents is 1. The minimum atomic E-state index is -0.458. The number of thioether (sulfide) groups is 1. The monoisotopic (exact) mass is 398 g/mol. The summed E-state index contributed by atoms with van der Waals surface area (Å²) in [4.78, 5) is 10.3. The van der Waals surface area contributed by atoms with Crippen molar-refractivity contribution in [2.24, 2.45) is 0 Å². The van der Waals surface area contributed by atoms with Gasteiger partial charge in [-0.3, -0.25) is 14.7 Å². The molecule has 0 spiro atoms. The first kappa shape index (κ1) is 17.9. The van der Waals surface area contributed by atoms with Gasteiger partial charge in [0.15, 0.2) is 16.7 Å². The maximum Gasteiger partial charge on any atom is 0.269 e. The van der Waals surface area contributed by atoms with Crippen molar-refractivity contribution in [2.75, 3.05) is 0 Å². The van der Waals surface area contributed by atoms with E-state index in [4.69, 9.17) is 8.83 Å². The second-order valence-electron chi connectivity index (χ2n) is 5.62. The number of hydrogen-bond acceptors (Lipinski definition) is 9. The zero-order chi connectivity index (χ0) is 19.5. The smallest absolute Gasteiger partial charge is 0.269 e. The minimum Gasteiger partial charge on any atom is -0.461 e. The van der Waals surface area contributed by atoms with E-state index in [1.165, 1.54) is 23.9 Å². The first-order valence-corrected chi connectivity index (χ1v) is 9.31. The Hall–Kier alpha value is -3.47. The predicted octanol–water partition coefficient (Wildman–Crippen LogP) is 3.81. The molecule has 4 rings (SSSR count). The minimum absolute atomic E-state index is 0.00491. The van der Waals surface area contributed by atoms with Crippen LogP contribution in [0.1, 0.15) is 12.8 Å². The molecule has 3 aromatic heterocycles. The number of aromatic nitrogens is 5. The number of furan rings is 1. The van der Waals surface area contributed by atoms with E-state index in [1.807, 2.05) is 17.6 Å². The van der Waals surface area contributed by atoms with Crippen LogP contribution in [0.25, 0.3) is 23.0 Å². The SMILES string of the molecule is CCn1c(SCc2nnc(-c3ccc([N+](=O)[O-])cc3)o2)nnc1-c1ccco1. The second kappa shape index (κ2) is 7.64. The van der Waals surface area contributed by atoms with Gasteiger partial charge in [0, 0.05) is 24.2 Å². The van der Waals surface area contributed by atoms with Gasteiger partial charge in [-0.05, 0) is 31.2 Å². The van der Waals surface area contributed by atoms with Crippen molar-refractivity contribution in [3.05, 3.63) is 58.7 Å². The summed E-state index contributed by atoms with van der Waals surface area (Å²) in [5.74, 6) is 2.45. The van der Waals surface area contributed by atoms with Gasteiger partial charge in [0.1, 0.15) is 0 Å². The van der Waals surface area contributed by atoms with Crippen molar-refractivity contribution < 1.29 is 13.8 Å². The first-order valence-electron chi connectivity index (χ1n) is 8.32. The number of nitro groups is 1. The molecule has 4 aromatic rings. The summed E-state index contributed by atoms with van der Waals surface area (Å²) >= 11 is 1.42. The Morgan fingerprint density at radius 1 is 1.14 bits per heavy atom. The second-order valence-corrected chi connectivity index (χ2v) is 6.56. The highest BCUT2D eigenvalue weighted by atomic mass is 32.2. The Labute approximate surface area is 162 Å². The standard InChI is InChI=1S/C17H14N6O4S/c1-2-22-15(13-4-3-9-26-13)19-21-17(22)28-10-14-18-20-16(27-14)11-5-7-12(8-6-11)23(24)25/h3-9H,2,10H2,1H3. The summed E-state index contributed by atoms with van der Waals surface area (Å²) in [5, 5.41) is 27.9. The highest BCUT2D eigenvalue weighted by molar-refractivity contribution is 7.98. The molecule has 0 saturated carbocycles. The fraction of sp³-hybridized carbons (Fsp3) is 0.176. The van der Waals surface area contributed by atoms with Crippen LogP contribution in [0.5, 0.6) is 0 Å². The molecule has 0 saturated heterocycles. The van der Waals surface area contributed by atoms with Gasteiger partial charge in [-0.15, -0.1) is 20.4 Å². The van der Waals surface area contributed by atoms with Crippen molar-refractivity contribution in [2.45, 2.75) is 24.4 Å². The van der Waals surface area contributed by atoms with Crippen LogP contribution >= 0.6 is 11.8 Å². The lowest BCUT2D eigenvalue weighted by atomic mass is 10.2. The maximum atomic E-state index is 10.7. The molecular formula is C17H14N6O4S. The summed E-state index contributed by atoms with van der Waals surface area (Å²) in [6, 6.07) is 9.58. The largest absolute Gasteiger partial charge is 0.461 e. The molecule has 0 amide bonds. The summed E-state index contributed by atoms with van der Waals surface area (Å²) in [7, 11) is 0.